The largest absolute Gasteiger partial charge is 0.444 e. The highest BCUT2D eigenvalue weighted by Gasteiger charge is 2.36. The summed E-state index contributed by atoms with van der Waals surface area (Å²) in [7, 11) is 2.19. The molecule has 3 aliphatic heterocycles. The first-order valence-electron chi connectivity index (χ1n) is 10.6. The van der Waals surface area contributed by atoms with Gasteiger partial charge in [-0.15, -0.1) is 0 Å². The van der Waals surface area contributed by atoms with Crippen molar-refractivity contribution in [2.24, 2.45) is 10.9 Å². The highest BCUT2D eigenvalue weighted by molar-refractivity contribution is 5.82. The van der Waals surface area contributed by atoms with E-state index < -0.39 is 5.60 Å². The van der Waals surface area contributed by atoms with Crippen LogP contribution in [0.2, 0.25) is 0 Å². The lowest BCUT2D eigenvalue weighted by molar-refractivity contribution is 0.0137. The minimum absolute atomic E-state index is 0.214. The molecule has 28 heavy (non-hydrogen) atoms. The van der Waals surface area contributed by atoms with Crippen LogP contribution < -0.4 is 5.32 Å². The molecule has 0 bridgehead atoms. The number of hydrogen-bond acceptors (Lipinski definition) is 7. The average Bonchev–Trinajstić information content (AvgIpc) is 3.03. The second-order valence-corrected chi connectivity index (χ2v) is 9.53. The molecule has 2 unspecified atom stereocenters. The fourth-order valence-electron chi connectivity index (χ4n) is 4.02. The number of carbonyl (C=O) groups is 1. The van der Waals surface area contributed by atoms with Crippen molar-refractivity contribution in [1.29, 1.82) is 0 Å². The Hall–Kier alpha value is -1.54. The molecule has 2 fully saturated rings. The first-order valence-corrected chi connectivity index (χ1v) is 10.6. The van der Waals surface area contributed by atoms with Gasteiger partial charge in [-0.05, 0) is 33.7 Å². The van der Waals surface area contributed by atoms with Crippen molar-refractivity contribution in [2.45, 2.75) is 39.3 Å². The Kier molecular flexibility index (Phi) is 6.70. The topological polar surface area (TPSA) is 63.7 Å². The molecule has 0 radical (unpaired) electrons. The molecule has 0 aromatic rings. The van der Waals surface area contributed by atoms with Crippen LogP contribution in [0, 0.1) is 5.92 Å². The summed E-state index contributed by atoms with van der Waals surface area (Å²) in [6.07, 6.45) is -0.214. The van der Waals surface area contributed by atoms with E-state index in [-0.39, 0.29) is 12.1 Å². The third kappa shape index (κ3) is 5.73. The van der Waals surface area contributed by atoms with Crippen molar-refractivity contribution in [3.05, 3.63) is 0 Å². The summed E-state index contributed by atoms with van der Waals surface area (Å²) >= 11 is 0. The summed E-state index contributed by atoms with van der Waals surface area (Å²) in [4.78, 5) is 26.1. The fourth-order valence-corrected chi connectivity index (χ4v) is 4.02. The normalized spacial score (nSPS) is 25.3. The Morgan fingerprint density at radius 2 is 1.93 bits per heavy atom. The van der Waals surface area contributed by atoms with Crippen LogP contribution in [0.15, 0.2) is 4.99 Å². The van der Waals surface area contributed by atoms with Gasteiger partial charge in [0.1, 0.15) is 5.60 Å². The lowest BCUT2D eigenvalue weighted by atomic mass is 10.1. The van der Waals surface area contributed by atoms with E-state index in [1.54, 1.807) is 0 Å². The van der Waals surface area contributed by atoms with E-state index in [1.807, 2.05) is 25.7 Å². The van der Waals surface area contributed by atoms with E-state index in [2.05, 4.69) is 34.0 Å². The highest BCUT2D eigenvalue weighted by Crippen LogP contribution is 2.18. The number of piperazine rings is 2. The third-order valence-electron chi connectivity index (χ3n) is 5.63. The Bertz CT molecular complexity index is 568. The number of guanidine groups is 1. The number of carbonyl (C=O) groups excluding carboxylic acids is 1. The van der Waals surface area contributed by atoms with E-state index in [4.69, 9.17) is 9.73 Å². The lowest BCUT2D eigenvalue weighted by Crippen LogP contribution is -2.58. The number of amides is 1. The second kappa shape index (κ2) is 8.86. The Balaban J connectivity index is 1.40. The molecular weight excluding hydrogens is 356 g/mol. The van der Waals surface area contributed by atoms with Crippen LogP contribution in [-0.4, -0.2) is 116 Å². The zero-order valence-electron chi connectivity index (χ0n) is 18.3. The maximum atomic E-state index is 12.3. The molecule has 0 aromatic carbocycles. The molecule has 3 heterocycles. The minimum Gasteiger partial charge on any atom is -0.444 e. The van der Waals surface area contributed by atoms with Gasteiger partial charge in [0.15, 0.2) is 5.96 Å². The number of ether oxygens (including phenoxy) is 1. The smallest absolute Gasteiger partial charge is 0.410 e. The third-order valence-corrected chi connectivity index (χ3v) is 5.63. The highest BCUT2D eigenvalue weighted by atomic mass is 16.6. The van der Waals surface area contributed by atoms with Crippen LogP contribution in [0.1, 0.15) is 27.7 Å². The van der Waals surface area contributed by atoms with E-state index in [0.717, 1.165) is 58.3 Å². The van der Waals surface area contributed by atoms with Crippen LogP contribution in [0.25, 0.3) is 0 Å². The van der Waals surface area contributed by atoms with Gasteiger partial charge in [0.05, 0.1) is 12.6 Å². The number of nitrogens with one attached hydrogen (secondary N) is 1. The van der Waals surface area contributed by atoms with Crippen molar-refractivity contribution in [2.75, 3.05) is 72.5 Å². The summed E-state index contributed by atoms with van der Waals surface area (Å²) in [5, 5.41) is 3.57. The van der Waals surface area contributed by atoms with Gasteiger partial charge in [0, 0.05) is 58.9 Å². The van der Waals surface area contributed by atoms with Gasteiger partial charge < -0.3 is 29.7 Å². The zero-order chi connectivity index (χ0) is 20.3. The van der Waals surface area contributed by atoms with Gasteiger partial charge in [0.2, 0.25) is 0 Å². The number of hydrogen-bond donors (Lipinski definition) is 1. The van der Waals surface area contributed by atoms with Crippen molar-refractivity contribution < 1.29 is 9.53 Å². The standard InChI is InChI=1S/C20H38N6O2/c1-16(14-24-8-6-23(5)7-9-24)12-21-18-22-13-17-15-25(10-11-26(17)18)19(27)28-20(2,3)4/h16-17H,6-15H2,1-5H3,(H,21,22). The molecule has 8 heteroatoms. The molecule has 0 aliphatic carbocycles. The Morgan fingerprint density at radius 1 is 1.21 bits per heavy atom. The zero-order valence-corrected chi connectivity index (χ0v) is 18.3. The Morgan fingerprint density at radius 3 is 2.61 bits per heavy atom. The maximum absolute atomic E-state index is 12.3. The number of fused-ring (bicyclic) bond motifs is 1. The summed E-state index contributed by atoms with van der Waals surface area (Å²) < 4.78 is 5.52. The molecule has 160 valence electrons. The fraction of sp³-hybridized carbons (Fsp3) is 0.900. The number of likely N-dealkylation sites (N-methyl/N-ethyl adjacent to an activating group) is 1. The molecule has 3 aliphatic rings. The molecular formula is C20H38N6O2. The molecule has 8 nitrogen and oxygen atoms in total. The molecule has 2 saturated heterocycles. The number of nitrogens with zero attached hydrogens (tertiary/aromatic N) is 5. The summed E-state index contributed by atoms with van der Waals surface area (Å²) in [5.41, 5.74) is -0.451. The van der Waals surface area contributed by atoms with Crippen molar-refractivity contribution >= 4 is 12.1 Å². The van der Waals surface area contributed by atoms with Crippen LogP contribution in [-0.2, 0) is 4.74 Å². The minimum atomic E-state index is -0.451. The molecule has 0 saturated carbocycles. The lowest BCUT2D eigenvalue weighted by Gasteiger charge is -2.39. The predicted molar refractivity (Wildman–Crippen MR) is 112 cm³/mol. The van der Waals surface area contributed by atoms with E-state index in [9.17, 15) is 4.79 Å². The van der Waals surface area contributed by atoms with Crippen LogP contribution in [0.4, 0.5) is 4.79 Å². The summed E-state index contributed by atoms with van der Waals surface area (Å²) in [6.45, 7) is 17.7. The molecule has 0 aromatic heterocycles. The number of aliphatic imine (C=N–C) groups is 1. The van der Waals surface area contributed by atoms with E-state index >= 15 is 0 Å². The van der Waals surface area contributed by atoms with Gasteiger partial charge >= 0.3 is 6.09 Å². The first kappa shape index (κ1) is 21.2. The van der Waals surface area contributed by atoms with Crippen LogP contribution in [0.5, 0.6) is 0 Å². The van der Waals surface area contributed by atoms with Gasteiger partial charge in [-0.1, -0.05) is 6.92 Å². The van der Waals surface area contributed by atoms with Crippen molar-refractivity contribution in [1.82, 2.24) is 24.9 Å². The molecule has 3 rings (SSSR count). The SMILES string of the molecule is CC(CNC1=NCC2CN(C(=O)OC(C)(C)C)CCN12)CN1CCN(C)CC1. The summed E-state index contributed by atoms with van der Waals surface area (Å²) in [5.74, 6) is 1.58. The van der Waals surface area contributed by atoms with Gasteiger partial charge in [0.25, 0.3) is 0 Å². The number of rotatable bonds is 4. The van der Waals surface area contributed by atoms with Gasteiger partial charge in [-0.25, -0.2) is 4.79 Å². The summed E-state index contributed by atoms with van der Waals surface area (Å²) in [6, 6.07) is 0.261. The molecule has 1 N–H and O–H groups in total. The quantitative estimate of drug-likeness (QED) is 0.759. The molecule has 2 atom stereocenters. The molecule has 0 spiro atoms. The predicted octanol–water partition coefficient (Wildman–Crippen LogP) is 0.750. The maximum Gasteiger partial charge on any atom is 0.410 e. The van der Waals surface area contributed by atoms with E-state index in [1.165, 1.54) is 0 Å². The first-order chi connectivity index (χ1) is 13.2. The van der Waals surface area contributed by atoms with Gasteiger partial charge in [-0.2, -0.15) is 0 Å². The Labute approximate surface area is 169 Å². The van der Waals surface area contributed by atoms with Gasteiger partial charge in [-0.3, -0.25) is 4.99 Å². The van der Waals surface area contributed by atoms with E-state index in [0.29, 0.717) is 19.0 Å². The van der Waals surface area contributed by atoms with Crippen molar-refractivity contribution in [3.8, 4) is 0 Å². The monoisotopic (exact) mass is 394 g/mol. The van der Waals surface area contributed by atoms with Crippen molar-refractivity contribution in [3.63, 3.8) is 0 Å². The second-order valence-electron chi connectivity index (χ2n) is 9.53. The van der Waals surface area contributed by atoms with Crippen LogP contribution in [0.3, 0.4) is 0 Å². The van der Waals surface area contributed by atoms with Crippen LogP contribution >= 0.6 is 0 Å². The average molecular weight is 395 g/mol. The molecule has 1 amide bonds.